The van der Waals surface area contributed by atoms with Gasteiger partial charge in [0.1, 0.15) is 0 Å². The fourth-order valence-corrected chi connectivity index (χ4v) is 4.06. The van der Waals surface area contributed by atoms with Crippen LogP contribution in [0.1, 0.15) is 28.4 Å². The summed E-state index contributed by atoms with van der Waals surface area (Å²) in [5, 5.41) is 4.87. The van der Waals surface area contributed by atoms with Crippen molar-refractivity contribution in [2.45, 2.75) is 20.3 Å². The third-order valence-electron chi connectivity index (χ3n) is 5.17. The predicted molar refractivity (Wildman–Crippen MR) is 126 cm³/mol. The lowest BCUT2D eigenvalue weighted by Crippen LogP contribution is -2.15. The number of para-hydroxylation sites is 1. The summed E-state index contributed by atoms with van der Waals surface area (Å²) in [6.07, 6.45) is 0.952. The molecule has 0 atom stereocenters. The second kappa shape index (κ2) is 8.47. The minimum absolute atomic E-state index is 0.179. The Bertz CT molecular complexity index is 1250. The number of carbonyl (C=O) groups is 1. The van der Waals surface area contributed by atoms with Gasteiger partial charge in [0.15, 0.2) is 0 Å². The maximum Gasteiger partial charge on any atom is 0.256 e. The first-order chi connectivity index (χ1) is 14.5. The molecule has 3 aromatic carbocycles. The summed E-state index contributed by atoms with van der Waals surface area (Å²) in [6.45, 7) is 4.00. The monoisotopic (exact) mass is 434 g/mol. The van der Waals surface area contributed by atoms with E-state index in [0.29, 0.717) is 21.3 Å². The number of fused-ring (bicyclic) bond motifs is 1. The highest BCUT2D eigenvalue weighted by Crippen LogP contribution is 2.35. The van der Waals surface area contributed by atoms with Crippen LogP contribution >= 0.6 is 23.2 Å². The van der Waals surface area contributed by atoms with Gasteiger partial charge in [0.2, 0.25) is 0 Å². The van der Waals surface area contributed by atoms with Crippen LogP contribution in [0.15, 0.2) is 66.7 Å². The van der Waals surface area contributed by atoms with Crippen molar-refractivity contribution in [3.8, 4) is 11.3 Å². The molecule has 0 aliphatic heterocycles. The van der Waals surface area contributed by atoms with Gasteiger partial charge in [-0.05, 0) is 60.9 Å². The maximum absolute atomic E-state index is 13.3. The molecule has 3 nitrogen and oxygen atoms in total. The van der Waals surface area contributed by atoms with E-state index in [1.165, 1.54) is 5.56 Å². The third-order valence-corrected chi connectivity index (χ3v) is 5.72. The molecule has 1 N–H and O–H groups in total. The molecule has 1 amide bonds. The average molecular weight is 435 g/mol. The number of hydrogen-bond acceptors (Lipinski definition) is 2. The van der Waals surface area contributed by atoms with Crippen molar-refractivity contribution < 1.29 is 4.79 Å². The molecule has 1 heterocycles. The molecular formula is C25H20Cl2N2O. The zero-order valence-electron chi connectivity index (χ0n) is 16.7. The van der Waals surface area contributed by atoms with Gasteiger partial charge < -0.3 is 5.32 Å². The first-order valence-electron chi connectivity index (χ1n) is 9.73. The fourth-order valence-electron chi connectivity index (χ4n) is 3.56. The van der Waals surface area contributed by atoms with E-state index in [2.05, 4.69) is 12.2 Å². The van der Waals surface area contributed by atoms with Crippen molar-refractivity contribution in [2.24, 2.45) is 0 Å². The zero-order valence-corrected chi connectivity index (χ0v) is 18.2. The molecular weight excluding hydrogens is 415 g/mol. The second-order valence-corrected chi connectivity index (χ2v) is 7.95. The summed E-state index contributed by atoms with van der Waals surface area (Å²) in [6, 6.07) is 20.8. The molecule has 0 aliphatic carbocycles. The second-order valence-electron chi connectivity index (χ2n) is 7.11. The Morgan fingerprint density at radius 3 is 2.43 bits per heavy atom. The van der Waals surface area contributed by atoms with Crippen LogP contribution in [0.5, 0.6) is 0 Å². The number of benzene rings is 3. The molecule has 4 rings (SSSR count). The normalized spacial score (nSPS) is 10.9. The summed E-state index contributed by atoms with van der Waals surface area (Å²) in [5.74, 6) is -0.179. The quantitative estimate of drug-likeness (QED) is 0.365. The zero-order chi connectivity index (χ0) is 21.3. The minimum atomic E-state index is -0.179. The van der Waals surface area contributed by atoms with Gasteiger partial charge in [0.25, 0.3) is 5.91 Å². The van der Waals surface area contributed by atoms with E-state index in [9.17, 15) is 4.79 Å². The lowest BCUT2D eigenvalue weighted by Gasteiger charge is -2.16. The average Bonchev–Trinajstić information content (AvgIpc) is 2.74. The van der Waals surface area contributed by atoms with Gasteiger partial charge in [-0.2, -0.15) is 0 Å². The summed E-state index contributed by atoms with van der Waals surface area (Å²) < 4.78 is 0. The van der Waals surface area contributed by atoms with E-state index >= 15 is 0 Å². The molecule has 4 aromatic rings. The smallest absolute Gasteiger partial charge is 0.256 e. The SMILES string of the molecule is CCc1ccc(NC(=O)c2c(C)c(-c3ccc(Cl)cc3Cl)nc3ccccc23)cc1. The van der Waals surface area contributed by atoms with Crippen LogP contribution in [-0.4, -0.2) is 10.9 Å². The van der Waals surface area contributed by atoms with Gasteiger partial charge in [-0.1, -0.05) is 60.5 Å². The van der Waals surface area contributed by atoms with Crippen LogP contribution in [0.2, 0.25) is 10.0 Å². The number of rotatable bonds is 4. The number of amides is 1. The van der Waals surface area contributed by atoms with Crippen LogP contribution < -0.4 is 5.32 Å². The molecule has 0 aliphatic rings. The number of pyridine rings is 1. The molecule has 0 radical (unpaired) electrons. The first kappa shape index (κ1) is 20.4. The van der Waals surface area contributed by atoms with Gasteiger partial charge in [-0.15, -0.1) is 0 Å². The van der Waals surface area contributed by atoms with Crippen molar-refractivity contribution >= 4 is 45.7 Å². The number of carbonyl (C=O) groups excluding carboxylic acids is 1. The largest absolute Gasteiger partial charge is 0.322 e. The van der Waals surface area contributed by atoms with Crippen LogP contribution in [0.3, 0.4) is 0 Å². The van der Waals surface area contributed by atoms with Crippen molar-refractivity contribution in [3.63, 3.8) is 0 Å². The van der Waals surface area contributed by atoms with Crippen LogP contribution in [-0.2, 0) is 6.42 Å². The van der Waals surface area contributed by atoms with Crippen molar-refractivity contribution in [1.29, 1.82) is 0 Å². The van der Waals surface area contributed by atoms with E-state index in [0.717, 1.165) is 34.1 Å². The molecule has 30 heavy (non-hydrogen) atoms. The molecule has 0 saturated heterocycles. The molecule has 0 saturated carbocycles. The third kappa shape index (κ3) is 3.91. The highest BCUT2D eigenvalue weighted by molar-refractivity contribution is 6.36. The van der Waals surface area contributed by atoms with Crippen molar-refractivity contribution in [1.82, 2.24) is 4.98 Å². The molecule has 150 valence electrons. The number of nitrogens with one attached hydrogen (secondary N) is 1. The Balaban J connectivity index is 1.85. The van der Waals surface area contributed by atoms with Gasteiger partial charge in [0, 0.05) is 21.7 Å². The van der Waals surface area contributed by atoms with Crippen LogP contribution in [0.4, 0.5) is 5.69 Å². The van der Waals surface area contributed by atoms with E-state index in [-0.39, 0.29) is 5.91 Å². The standard InChI is InChI=1S/C25H20Cl2N2O/c1-3-16-8-11-18(12-9-16)28-25(30)23-15(2)24(19-13-10-17(26)14-21(19)27)29-22-7-5-4-6-20(22)23/h4-14H,3H2,1-2H3,(H,28,30). The molecule has 5 heteroatoms. The number of aryl methyl sites for hydroxylation is 1. The van der Waals surface area contributed by atoms with Gasteiger partial charge in [-0.25, -0.2) is 4.98 Å². The summed E-state index contributed by atoms with van der Waals surface area (Å²) >= 11 is 12.5. The van der Waals surface area contributed by atoms with E-state index in [1.807, 2.05) is 61.5 Å². The Labute approximate surface area is 185 Å². The van der Waals surface area contributed by atoms with E-state index in [1.54, 1.807) is 12.1 Å². The van der Waals surface area contributed by atoms with Gasteiger partial charge in [-0.3, -0.25) is 4.79 Å². The molecule has 0 bridgehead atoms. The summed E-state index contributed by atoms with van der Waals surface area (Å²) in [4.78, 5) is 18.1. The first-order valence-corrected chi connectivity index (χ1v) is 10.5. The van der Waals surface area contributed by atoms with Crippen molar-refractivity contribution in [3.05, 3.63) is 93.5 Å². The summed E-state index contributed by atoms with van der Waals surface area (Å²) in [7, 11) is 0. The number of nitrogens with zero attached hydrogens (tertiary/aromatic N) is 1. The van der Waals surface area contributed by atoms with Gasteiger partial charge in [0.05, 0.1) is 21.8 Å². The van der Waals surface area contributed by atoms with Crippen LogP contribution in [0, 0.1) is 6.92 Å². The summed E-state index contributed by atoms with van der Waals surface area (Å²) in [5.41, 5.74) is 5.46. The van der Waals surface area contributed by atoms with E-state index < -0.39 is 0 Å². The lowest BCUT2D eigenvalue weighted by molar-refractivity contribution is 0.102. The molecule has 1 aromatic heterocycles. The molecule has 0 fully saturated rings. The maximum atomic E-state index is 13.3. The minimum Gasteiger partial charge on any atom is -0.322 e. The Kier molecular flexibility index (Phi) is 5.76. The van der Waals surface area contributed by atoms with Gasteiger partial charge >= 0.3 is 0 Å². The molecule has 0 unspecified atom stereocenters. The number of halogens is 2. The number of hydrogen-bond donors (Lipinski definition) is 1. The number of anilines is 1. The number of aromatic nitrogens is 1. The lowest BCUT2D eigenvalue weighted by atomic mass is 9.97. The van der Waals surface area contributed by atoms with Crippen LogP contribution in [0.25, 0.3) is 22.2 Å². The predicted octanol–water partition coefficient (Wildman–Crippen LogP) is 7.33. The molecule has 0 spiro atoms. The Morgan fingerprint density at radius 2 is 1.73 bits per heavy atom. The topological polar surface area (TPSA) is 42.0 Å². The fraction of sp³-hybridized carbons (Fsp3) is 0.120. The van der Waals surface area contributed by atoms with Crippen molar-refractivity contribution in [2.75, 3.05) is 5.32 Å². The highest BCUT2D eigenvalue weighted by atomic mass is 35.5. The highest BCUT2D eigenvalue weighted by Gasteiger charge is 2.20. The Morgan fingerprint density at radius 1 is 1.00 bits per heavy atom. The Hall–Kier alpha value is -2.88. The van der Waals surface area contributed by atoms with E-state index in [4.69, 9.17) is 28.2 Å².